The molecule has 1 aromatic heterocycles. The molecular formula is C17H21N3O4. The van der Waals surface area contributed by atoms with Gasteiger partial charge in [0, 0.05) is 13.1 Å². The summed E-state index contributed by atoms with van der Waals surface area (Å²) in [7, 11) is 1.58. The van der Waals surface area contributed by atoms with E-state index in [9.17, 15) is 4.79 Å². The molecule has 0 radical (unpaired) electrons. The predicted octanol–water partition coefficient (Wildman–Crippen LogP) is 2.09. The van der Waals surface area contributed by atoms with Gasteiger partial charge in [0.1, 0.15) is 0 Å². The minimum absolute atomic E-state index is 0.0188. The van der Waals surface area contributed by atoms with Crippen LogP contribution in [0.4, 0.5) is 0 Å². The molecule has 3 rings (SSSR count). The molecule has 2 aromatic rings. The Kier molecular flexibility index (Phi) is 4.69. The first-order valence-electron chi connectivity index (χ1n) is 7.92. The van der Waals surface area contributed by atoms with E-state index in [1.807, 2.05) is 25.1 Å². The van der Waals surface area contributed by atoms with Crippen molar-refractivity contribution in [3.8, 4) is 11.5 Å². The maximum Gasteiger partial charge on any atom is 0.260 e. The topological polar surface area (TPSA) is 77.7 Å². The van der Waals surface area contributed by atoms with Crippen molar-refractivity contribution in [2.75, 3.05) is 26.8 Å². The molecule has 0 spiro atoms. The Balaban J connectivity index is 1.56. The van der Waals surface area contributed by atoms with Gasteiger partial charge in [0.2, 0.25) is 5.89 Å². The third kappa shape index (κ3) is 3.50. The number of aromatic nitrogens is 2. The zero-order valence-electron chi connectivity index (χ0n) is 14.1. The van der Waals surface area contributed by atoms with E-state index < -0.39 is 0 Å². The molecule has 1 atom stereocenters. The number of methoxy groups -OCH3 is 1. The Bertz CT molecular complexity index is 728. The van der Waals surface area contributed by atoms with Crippen LogP contribution in [0.1, 0.15) is 29.6 Å². The fourth-order valence-corrected chi connectivity index (χ4v) is 2.79. The van der Waals surface area contributed by atoms with Crippen molar-refractivity contribution >= 4 is 5.91 Å². The summed E-state index contributed by atoms with van der Waals surface area (Å²) in [5.41, 5.74) is 1.07. The van der Waals surface area contributed by atoms with E-state index in [1.165, 1.54) is 0 Å². The van der Waals surface area contributed by atoms with Crippen LogP contribution in [0.25, 0.3) is 0 Å². The lowest BCUT2D eigenvalue weighted by atomic mass is 10.1. The normalized spacial score (nSPS) is 17.1. The predicted molar refractivity (Wildman–Crippen MR) is 86.2 cm³/mol. The molecule has 0 unspecified atom stereocenters. The zero-order valence-corrected chi connectivity index (χ0v) is 14.1. The average Bonchev–Trinajstić information content (AvgIpc) is 3.22. The summed E-state index contributed by atoms with van der Waals surface area (Å²) in [6.07, 6.45) is 0.821. The fourth-order valence-electron chi connectivity index (χ4n) is 2.79. The van der Waals surface area contributed by atoms with Crippen LogP contribution in [-0.4, -0.2) is 47.8 Å². The molecule has 1 amide bonds. The van der Waals surface area contributed by atoms with Crippen molar-refractivity contribution in [3.05, 3.63) is 35.5 Å². The lowest BCUT2D eigenvalue weighted by molar-refractivity contribution is -0.132. The van der Waals surface area contributed by atoms with Crippen molar-refractivity contribution in [1.82, 2.24) is 15.0 Å². The number of ether oxygens (including phenoxy) is 2. The number of likely N-dealkylation sites (tertiary alicyclic amines) is 1. The highest BCUT2D eigenvalue weighted by atomic mass is 16.5. The molecule has 7 heteroatoms. The van der Waals surface area contributed by atoms with Gasteiger partial charge in [-0.1, -0.05) is 11.2 Å². The van der Waals surface area contributed by atoms with Crippen LogP contribution in [0.2, 0.25) is 0 Å². The molecular weight excluding hydrogens is 310 g/mol. The number of aryl methyl sites for hydroxylation is 2. The fraction of sp³-hybridized carbons (Fsp3) is 0.471. The first-order valence-corrected chi connectivity index (χ1v) is 7.92. The highest BCUT2D eigenvalue weighted by Gasteiger charge is 2.31. The monoisotopic (exact) mass is 331 g/mol. The summed E-state index contributed by atoms with van der Waals surface area (Å²) < 4.78 is 16.1. The molecule has 0 aliphatic carbocycles. The summed E-state index contributed by atoms with van der Waals surface area (Å²) in [5.74, 6) is 2.46. The van der Waals surface area contributed by atoms with E-state index in [1.54, 1.807) is 18.9 Å². The van der Waals surface area contributed by atoms with Crippen molar-refractivity contribution < 1.29 is 18.8 Å². The molecule has 1 saturated heterocycles. The molecule has 1 aromatic carbocycles. The van der Waals surface area contributed by atoms with E-state index in [2.05, 4.69) is 10.1 Å². The molecule has 1 aliphatic rings. The van der Waals surface area contributed by atoms with Gasteiger partial charge in [-0.2, -0.15) is 4.98 Å². The molecule has 1 aliphatic heterocycles. The maximum absolute atomic E-state index is 12.4. The third-order valence-corrected chi connectivity index (χ3v) is 4.10. The molecule has 0 bridgehead atoms. The van der Waals surface area contributed by atoms with Crippen molar-refractivity contribution in [3.63, 3.8) is 0 Å². The van der Waals surface area contributed by atoms with Gasteiger partial charge in [-0.15, -0.1) is 0 Å². The Morgan fingerprint density at radius 1 is 1.38 bits per heavy atom. The van der Waals surface area contributed by atoms with Crippen molar-refractivity contribution in [1.29, 1.82) is 0 Å². The van der Waals surface area contributed by atoms with Gasteiger partial charge in [-0.05, 0) is 38.0 Å². The molecule has 0 N–H and O–H groups in total. The SMILES string of the molecule is COc1cc(C)ccc1OCC(=O)N1CC[C@H](c2nc(C)no2)C1. The molecule has 0 saturated carbocycles. The number of carbonyl (C=O) groups excluding carboxylic acids is 1. The molecule has 7 nitrogen and oxygen atoms in total. The number of nitrogens with zero attached hydrogens (tertiary/aromatic N) is 3. The van der Waals surface area contributed by atoms with Gasteiger partial charge < -0.3 is 18.9 Å². The van der Waals surface area contributed by atoms with Crippen LogP contribution >= 0.6 is 0 Å². The van der Waals surface area contributed by atoms with Crippen molar-refractivity contribution in [2.24, 2.45) is 0 Å². The molecule has 2 heterocycles. The number of amides is 1. The van der Waals surface area contributed by atoms with Crippen LogP contribution in [0, 0.1) is 13.8 Å². The van der Waals surface area contributed by atoms with Gasteiger partial charge in [0.15, 0.2) is 23.9 Å². The summed E-state index contributed by atoms with van der Waals surface area (Å²) >= 11 is 0. The second kappa shape index (κ2) is 6.90. The van der Waals surface area contributed by atoms with E-state index in [0.717, 1.165) is 12.0 Å². The van der Waals surface area contributed by atoms with E-state index in [4.69, 9.17) is 14.0 Å². The summed E-state index contributed by atoms with van der Waals surface area (Å²) in [6, 6.07) is 5.62. The highest BCUT2D eigenvalue weighted by molar-refractivity contribution is 5.78. The van der Waals surface area contributed by atoms with Gasteiger partial charge in [-0.25, -0.2) is 0 Å². The average molecular weight is 331 g/mol. The number of carbonyl (C=O) groups is 1. The first-order chi connectivity index (χ1) is 11.6. The minimum Gasteiger partial charge on any atom is -0.493 e. The lowest BCUT2D eigenvalue weighted by Crippen LogP contribution is -2.32. The number of hydrogen-bond acceptors (Lipinski definition) is 6. The largest absolute Gasteiger partial charge is 0.493 e. The Morgan fingerprint density at radius 2 is 2.21 bits per heavy atom. The van der Waals surface area contributed by atoms with Crippen molar-refractivity contribution in [2.45, 2.75) is 26.2 Å². The van der Waals surface area contributed by atoms with Gasteiger partial charge in [-0.3, -0.25) is 4.79 Å². The summed E-state index contributed by atoms with van der Waals surface area (Å²) in [6.45, 7) is 4.98. The quantitative estimate of drug-likeness (QED) is 0.835. The Morgan fingerprint density at radius 3 is 2.92 bits per heavy atom. The van der Waals surface area contributed by atoms with E-state index >= 15 is 0 Å². The summed E-state index contributed by atoms with van der Waals surface area (Å²) in [4.78, 5) is 18.4. The maximum atomic E-state index is 12.4. The second-order valence-corrected chi connectivity index (χ2v) is 5.95. The summed E-state index contributed by atoms with van der Waals surface area (Å²) in [5, 5.41) is 3.81. The smallest absolute Gasteiger partial charge is 0.260 e. The number of benzene rings is 1. The highest BCUT2D eigenvalue weighted by Crippen LogP contribution is 2.29. The lowest BCUT2D eigenvalue weighted by Gasteiger charge is -2.17. The second-order valence-electron chi connectivity index (χ2n) is 5.95. The van der Waals surface area contributed by atoms with Crippen LogP contribution < -0.4 is 9.47 Å². The van der Waals surface area contributed by atoms with Crippen LogP contribution in [-0.2, 0) is 4.79 Å². The van der Waals surface area contributed by atoms with Crippen LogP contribution in [0.5, 0.6) is 11.5 Å². The van der Waals surface area contributed by atoms with Gasteiger partial charge in [0.25, 0.3) is 5.91 Å². The molecule has 24 heavy (non-hydrogen) atoms. The van der Waals surface area contributed by atoms with E-state index in [0.29, 0.717) is 36.3 Å². The van der Waals surface area contributed by atoms with Crippen LogP contribution in [0.3, 0.4) is 0 Å². The minimum atomic E-state index is -0.0589. The van der Waals surface area contributed by atoms with Gasteiger partial charge >= 0.3 is 0 Å². The van der Waals surface area contributed by atoms with E-state index in [-0.39, 0.29) is 18.4 Å². The number of rotatable bonds is 5. The molecule has 1 fully saturated rings. The number of hydrogen-bond donors (Lipinski definition) is 0. The standard InChI is InChI=1S/C17H21N3O4/c1-11-4-5-14(15(8-11)22-3)23-10-16(21)20-7-6-13(9-20)17-18-12(2)19-24-17/h4-5,8,13H,6-7,9-10H2,1-3H3/t13-/m0/s1. The third-order valence-electron chi connectivity index (χ3n) is 4.10. The molecule has 128 valence electrons. The Hall–Kier alpha value is -2.57. The van der Waals surface area contributed by atoms with Gasteiger partial charge in [0.05, 0.1) is 13.0 Å². The van der Waals surface area contributed by atoms with Crippen LogP contribution in [0.15, 0.2) is 22.7 Å². The Labute approximate surface area is 140 Å². The first kappa shape index (κ1) is 16.3. The zero-order chi connectivity index (χ0) is 17.1.